The third-order valence-corrected chi connectivity index (χ3v) is 6.17. The first-order valence-corrected chi connectivity index (χ1v) is 11.4. The van der Waals surface area contributed by atoms with E-state index < -0.39 is 0 Å². The molecular formula is C28H23N5O2. The van der Waals surface area contributed by atoms with Crippen LogP contribution in [0.15, 0.2) is 96.1 Å². The third kappa shape index (κ3) is 4.42. The monoisotopic (exact) mass is 461 g/mol. The molecule has 2 aromatic carbocycles. The van der Waals surface area contributed by atoms with E-state index >= 15 is 0 Å². The van der Waals surface area contributed by atoms with Crippen LogP contribution in [0.4, 0.5) is 5.69 Å². The number of carbonyl (C=O) groups is 1. The van der Waals surface area contributed by atoms with Crippen molar-refractivity contribution in [3.8, 4) is 23.0 Å². The minimum absolute atomic E-state index is 0.114. The topological polar surface area (TPSA) is 82.2 Å². The van der Waals surface area contributed by atoms with Gasteiger partial charge in [0.25, 0.3) is 11.5 Å². The highest BCUT2D eigenvalue weighted by Crippen LogP contribution is 2.23. The second-order valence-corrected chi connectivity index (χ2v) is 8.28. The Morgan fingerprint density at radius 2 is 1.60 bits per heavy atom. The molecule has 0 aliphatic carbocycles. The van der Waals surface area contributed by atoms with E-state index in [1.165, 1.54) is 4.57 Å². The number of nitriles is 1. The molecule has 1 aliphatic rings. The Bertz CT molecular complexity index is 1450. The molecule has 7 heteroatoms. The number of hydrogen-bond donors (Lipinski definition) is 0. The smallest absolute Gasteiger partial charge is 0.267 e. The number of nitrogens with zero attached hydrogens (tertiary/aromatic N) is 5. The van der Waals surface area contributed by atoms with E-state index in [1.807, 2.05) is 66.7 Å². The number of rotatable bonds is 4. The van der Waals surface area contributed by atoms with Crippen LogP contribution >= 0.6 is 0 Å². The second-order valence-electron chi connectivity index (χ2n) is 8.28. The van der Waals surface area contributed by atoms with Crippen molar-refractivity contribution in [1.82, 2.24) is 14.5 Å². The Kier molecular flexibility index (Phi) is 6.10. The lowest BCUT2D eigenvalue weighted by molar-refractivity contribution is 0.0744. The summed E-state index contributed by atoms with van der Waals surface area (Å²) in [4.78, 5) is 35.3. The SMILES string of the molecule is N#Cc1ccccc1N1CCN(C(=O)c2cc(-c3ccccn3)cn(-c3ccccc3)c2=O)CC1. The largest absolute Gasteiger partial charge is 0.367 e. The maximum absolute atomic E-state index is 13.6. The number of anilines is 1. The molecule has 1 amide bonds. The summed E-state index contributed by atoms with van der Waals surface area (Å²) < 4.78 is 1.51. The van der Waals surface area contributed by atoms with E-state index in [2.05, 4.69) is 16.0 Å². The maximum Gasteiger partial charge on any atom is 0.267 e. The zero-order valence-electron chi connectivity index (χ0n) is 19.0. The highest BCUT2D eigenvalue weighted by atomic mass is 16.2. The summed E-state index contributed by atoms with van der Waals surface area (Å²) in [5.41, 5.74) is 3.29. The van der Waals surface area contributed by atoms with Gasteiger partial charge in [0.2, 0.25) is 0 Å². The number of aromatic nitrogens is 2. The van der Waals surface area contributed by atoms with Crippen LogP contribution in [0, 0.1) is 11.3 Å². The van der Waals surface area contributed by atoms with Crippen molar-refractivity contribution < 1.29 is 4.79 Å². The van der Waals surface area contributed by atoms with Crippen molar-refractivity contribution >= 4 is 11.6 Å². The molecule has 35 heavy (non-hydrogen) atoms. The van der Waals surface area contributed by atoms with Gasteiger partial charge in [0.05, 0.1) is 16.9 Å². The van der Waals surface area contributed by atoms with Gasteiger partial charge in [-0.05, 0) is 42.5 Å². The van der Waals surface area contributed by atoms with Crippen molar-refractivity contribution in [2.45, 2.75) is 0 Å². The minimum atomic E-state index is -0.363. The van der Waals surface area contributed by atoms with Crippen LogP contribution in [-0.4, -0.2) is 46.5 Å². The van der Waals surface area contributed by atoms with Gasteiger partial charge in [0.1, 0.15) is 11.6 Å². The van der Waals surface area contributed by atoms with Crippen LogP contribution in [0.1, 0.15) is 15.9 Å². The summed E-state index contributed by atoms with van der Waals surface area (Å²) in [5, 5.41) is 9.43. The Morgan fingerprint density at radius 3 is 2.31 bits per heavy atom. The summed E-state index contributed by atoms with van der Waals surface area (Å²) in [6.45, 7) is 2.07. The zero-order valence-corrected chi connectivity index (χ0v) is 19.0. The van der Waals surface area contributed by atoms with Crippen LogP contribution in [0.3, 0.4) is 0 Å². The average molecular weight is 462 g/mol. The van der Waals surface area contributed by atoms with Gasteiger partial charge < -0.3 is 9.80 Å². The van der Waals surface area contributed by atoms with Gasteiger partial charge in [-0.3, -0.25) is 19.1 Å². The van der Waals surface area contributed by atoms with Gasteiger partial charge in [-0.25, -0.2) is 0 Å². The minimum Gasteiger partial charge on any atom is -0.367 e. The standard InChI is InChI=1S/C28H23N5O2/c29-19-21-8-4-5-12-26(21)31-14-16-32(17-15-31)27(34)24-18-22(25-11-6-7-13-30-25)20-33(28(24)35)23-9-2-1-3-10-23/h1-13,18,20H,14-17H2. The highest BCUT2D eigenvalue weighted by molar-refractivity contribution is 5.95. The van der Waals surface area contributed by atoms with Crippen LogP contribution < -0.4 is 10.5 Å². The van der Waals surface area contributed by atoms with Crippen LogP contribution in [0.2, 0.25) is 0 Å². The first-order chi connectivity index (χ1) is 17.2. The molecule has 0 atom stereocenters. The van der Waals surface area contributed by atoms with E-state index in [0.717, 1.165) is 5.69 Å². The first-order valence-electron chi connectivity index (χ1n) is 11.4. The number of hydrogen-bond acceptors (Lipinski definition) is 5. The quantitative estimate of drug-likeness (QED) is 0.463. The summed E-state index contributed by atoms with van der Waals surface area (Å²) in [7, 11) is 0. The number of pyridine rings is 2. The third-order valence-electron chi connectivity index (χ3n) is 6.17. The van der Waals surface area contributed by atoms with Crippen molar-refractivity contribution in [3.05, 3.63) is 113 Å². The van der Waals surface area contributed by atoms with Crippen LogP contribution in [0.25, 0.3) is 16.9 Å². The molecule has 5 rings (SSSR count). The number of para-hydroxylation sites is 2. The van der Waals surface area contributed by atoms with Crippen molar-refractivity contribution in [2.75, 3.05) is 31.1 Å². The molecule has 1 aliphatic heterocycles. The molecular weight excluding hydrogens is 438 g/mol. The average Bonchev–Trinajstić information content (AvgIpc) is 2.94. The lowest BCUT2D eigenvalue weighted by Gasteiger charge is -2.36. The molecule has 4 aromatic rings. The predicted octanol–water partition coefficient (Wildman–Crippen LogP) is 3.73. The molecule has 1 saturated heterocycles. The molecule has 0 spiro atoms. The van der Waals surface area contributed by atoms with Crippen LogP contribution in [-0.2, 0) is 0 Å². The van der Waals surface area contributed by atoms with Gasteiger partial charge in [-0.15, -0.1) is 0 Å². The lowest BCUT2D eigenvalue weighted by Crippen LogP contribution is -2.50. The van der Waals surface area contributed by atoms with E-state index in [0.29, 0.717) is 48.7 Å². The Labute approximate surface area is 203 Å². The van der Waals surface area contributed by atoms with E-state index in [9.17, 15) is 14.9 Å². The summed E-state index contributed by atoms with van der Waals surface area (Å²) in [6.07, 6.45) is 3.42. The summed E-state index contributed by atoms with van der Waals surface area (Å²) >= 11 is 0. The van der Waals surface area contributed by atoms with Gasteiger partial charge in [0, 0.05) is 49.8 Å². The number of benzene rings is 2. The van der Waals surface area contributed by atoms with Gasteiger partial charge >= 0.3 is 0 Å². The van der Waals surface area contributed by atoms with Crippen molar-refractivity contribution in [2.24, 2.45) is 0 Å². The molecule has 0 saturated carbocycles. The maximum atomic E-state index is 13.6. The first kappa shape index (κ1) is 22.1. The van der Waals surface area contributed by atoms with E-state index in [1.54, 1.807) is 29.4 Å². The molecule has 0 radical (unpaired) electrons. The highest BCUT2D eigenvalue weighted by Gasteiger charge is 2.26. The molecule has 3 heterocycles. The Balaban J connectivity index is 1.47. The molecule has 0 N–H and O–H groups in total. The molecule has 7 nitrogen and oxygen atoms in total. The lowest BCUT2D eigenvalue weighted by atomic mass is 10.1. The van der Waals surface area contributed by atoms with Gasteiger partial charge in [-0.1, -0.05) is 36.4 Å². The fourth-order valence-electron chi connectivity index (χ4n) is 4.35. The Hall–Kier alpha value is -4.70. The molecule has 0 unspecified atom stereocenters. The van der Waals surface area contributed by atoms with Crippen molar-refractivity contribution in [1.29, 1.82) is 5.26 Å². The molecule has 1 fully saturated rings. The van der Waals surface area contributed by atoms with E-state index in [4.69, 9.17) is 0 Å². The van der Waals surface area contributed by atoms with E-state index in [-0.39, 0.29) is 17.0 Å². The fourth-order valence-corrected chi connectivity index (χ4v) is 4.35. The predicted molar refractivity (Wildman–Crippen MR) is 135 cm³/mol. The number of piperazine rings is 1. The number of amides is 1. The Morgan fingerprint density at radius 1 is 0.886 bits per heavy atom. The molecule has 0 bridgehead atoms. The molecule has 172 valence electrons. The summed E-state index contributed by atoms with van der Waals surface area (Å²) in [6, 6.07) is 26.2. The summed E-state index contributed by atoms with van der Waals surface area (Å²) in [5.74, 6) is -0.300. The van der Waals surface area contributed by atoms with Gasteiger partial charge in [0.15, 0.2) is 0 Å². The molecule has 2 aromatic heterocycles. The fraction of sp³-hybridized carbons (Fsp3) is 0.143. The van der Waals surface area contributed by atoms with Gasteiger partial charge in [-0.2, -0.15) is 5.26 Å². The zero-order chi connectivity index (χ0) is 24.2. The second kappa shape index (κ2) is 9.65. The van der Waals surface area contributed by atoms with Crippen molar-refractivity contribution in [3.63, 3.8) is 0 Å². The number of carbonyl (C=O) groups excluding carboxylic acids is 1. The van der Waals surface area contributed by atoms with Crippen LogP contribution in [0.5, 0.6) is 0 Å². The normalized spacial score (nSPS) is 13.3.